The molecule has 212 valence electrons. The van der Waals surface area contributed by atoms with Crippen LogP contribution in [0.25, 0.3) is 0 Å². The van der Waals surface area contributed by atoms with Crippen LogP contribution in [-0.4, -0.2) is 47.3 Å². The molecule has 1 aliphatic heterocycles. The number of carbonyl (C=O) groups is 1. The number of aromatic nitrogens is 2. The first-order valence-electron chi connectivity index (χ1n) is 13.6. The second-order valence-corrected chi connectivity index (χ2v) is 10.6. The molecule has 1 aromatic heterocycles. The monoisotopic (exact) mass is 573 g/mol. The highest BCUT2D eigenvalue weighted by atomic mass is 35.5. The zero-order valence-corrected chi connectivity index (χ0v) is 23.5. The first-order valence-corrected chi connectivity index (χ1v) is 13.9. The Kier molecular flexibility index (Phi) is 8.57. The molecule has 41 heavy (non-hydrogen) atoms. The van der Waals surface area contributed by atoms with E-state index in [9.17, 15) is 15.2 Å². The van der Waals surface area contributed by atoms with Gasteiger partial charge in [-0.1, -0.05) is 31.0 Å². The van der Waals surface area contributed by atoms with Gasteiger partial charge in [-0.15, -0.1) is 0 Å². The molecule has 2 aliphatic rings. The molecule has 2 heterocycles. The van der Waals surface area contributed by atoms with Crippen LogP contribution in [0.2, 0.25) is 5.02 Å². The van der Waals surface area contributed by atoms with E-state index < -0.39 is 0 Å². The van der Waals surface area contributed by atoms with Gasteiger partial charge in [0.05, 0.1) is 42.0 Å². The van der Waals surface area contributed by atoms with Crippen molar-refractivity contribution in [1.82, 2.24) is 9.97 Å². The number of carbonyl (C=O) groups excluding carboxylic acids is 1. The highest BCUT2D eigenvalue weighted by Gasteiger charge is 2.24. The van der Waals surface area contributed by atoms with Gasteiger partial charge in [-0.3, -0.25) is 4.79 Å². The smallest absolute Gasteiger partial charge is 0.251 e. The van der Waals surface area contributed by atoms with E-state index in [0.29, 0.717) is 52.7 Å². The van der Waals surface area contributed by atoms with Gasteiger partial charge in [-0.05, 0) is 55.5 Å². The first-order chi connectivity index (χ1) is 19.8. The predicted octanol–water partition coefficient (Wildman–Crippen LogP) is 5.75. The van der Waals surface area contributed by atoms with E-state index in [1.54, 1.807) is 37.4 Å². The number of nitriles is 1. The summed E-state index contributed by atoms with van der Waals surface area (Å²) in [7, 11) is 1.56. The molecule has 10 nitrogen and oxygen atoms in total. The molecule has 1 saturated heterocycles. The molecule has 0 bridgehead atoms. The van der Waals surface area contributed by atoms with Crippen LogP contribution in [0.4, 0.5) is 34.5 Å². The molecule has 2 fully saturated rings. The number of hydrogen-bond donors (Lipinski definition) is 4. The number of aliphatic hydroxyl groups is 1. The Balaban J connectivity index is 1.36. The van der Waals surface area contributed by atoms with Crippen LogP contribution in [0.1, 0.15) is 37.7 Å². The third-order valence-corrected chi connectivity index (χ3v) is 7.79. The SMILES string of the molecule is C=C(C(=O)Nc1cc(OC)ccc1Nc1nc(Nc2ccc(N3CC[C@H](O)C3)cc2C#N)ncc1Cl)C1CCCC1. The fraction of sp³-hybridized carbons (Fsp3) is 0.333. The minimum Gasteiger partial charge on any atom is -0.497 e. The number of aliphatic hydroxyl groups excluding tert-OH is 1. The van der Waals surface area contributed by atoms with Crippen LogP contribution in [0, 0.1) is 17.2 Å². The number of nitrogens with zero attached hydrogens (tertiary/aromatic N) is 4. The first kappa shape index (κ1) is 28.2. The van der Waals surface area contributed by atoms with Crippen molar-refractivity contribution < 1.29 is 14.6 Å². The Labute approximate surface area is 244 Å². The maximum atomic E-state index is 13.0. The molecule has 1 atom stereocenters. The van der Waals surface area contributed by atoms with Crippen LogP contribution in [0.5, 0.6) is 5.75 Å². The van der Waals surface area contributed by atoms with E-state index >= 15 is 0 Å². The Hall–Kier alpha value is -4.33. The van der Waals surface area contributed by atoms with E-state index in [-0.39, 0.29) is 28.9 Å². The second kappa shape index (κ2) is 12.5. The van der Waals surface area contributed by atoms with Gasteiger partial charge in [-0.2, -0.15) is 10.2 Å². The summed E-state index contributed by atoms with van der Waals surface area (Å²) in [6.45, 7) is 5.32. The Morgan fingerprint density at radius 1 is 1.15 bits per heavy atom. The maximum Gasteiger partial charge on any atom is 0.251 e. The molecule has 5 rings (SSSR count). The largest absolute Gasteiger partial charge is 0.497 e. The lowest BCUT2D eigenvalue weighted by Gasteiger charge is -2.19. The third-order valence-electron chi connectivity index (χ3n) is 7.51. The van der Waals surface area contributed by atoms with Crippen molar-refractivity contribution in [2.24, 2.45) is 5.92 Å². The predicted molar refractivity (Wildman–Crippen MR) is 160 cm³/mol. The van der Waals surface area contributed by atoms with Crippen LogP contribution < -0.4 is 25.6 Å². The second-order valence-electron chi connectivity index (χ2n) is 10.2. The number of nitrogens with one attached hydrogen (secondary N) is 3. The number of benzene rings is 2. The molecule has 3 aromatic rings. The van der Waals surface area contributed by atoms with Crippen molar-refractivity contribution in [1.29, 1.82) is 5.26 Å². The Morgan fingerprint density at radius 2 is 1.93 bits per heavy atom. The summed E-state index contributed by atoms with van der Waals surface area (Å²) < 4.78 is 5.37. The fourth-order valence-corrected chi connectivity index (χ4v) is 5.33. The number of methoxy groups -OCH3 is 1. The molecule has 0 spiro atoms. The summed E-state index contributed by atoms with van der Waals surface area (Å²) >= 11 is 6.45. The third kappa shape index (κ3) is 6.53. The van der Waals surface area contributed by atoms with Gasteiger partial charge in [0.1, 0.15) is 16.8 Å². The average Bonchev–Trinajstić information content (AvgIpc) is 3.68. The van der Waals surface area contributed by atoms with Crippen molar-refractivity contribution in [2.75, 3.05) is 41.0 Å². The standard InChI is InChI=1S/C30H32ClN7O3/c1-18(19-5-3-4-6-19)29(40)35-27-14-23(41-2)8-10-26(27)34-28-24(31)16-33-30(37-28)36-25-9-7-21(13-20(25)15-32)38-12-11-22(39)17-38/h7-10,13-14,16,19,22,39H,1,3-6,11-12,17H2,2H3,(H,35,40)(H2,33,34,36,37)/t22-/m0/s1. The lowest BCUT2D eigenvalue weighted by atomic mass is 9.98. The quantitative estimate of drug-likeness (QED) is 0.236. The van der Waals surface area contributed by atoms with Crippen molar-refractivity contribution in [3.8, 4) is 11.8 Å². The summed E-state index contributed by atoms with van der Waals surface area (Å²) in [4.78, 5) is 23.9. The van der Waals surface area contributed by atoms with Crippen LogP contribution in [0.3, 0.4) is 0 Å². The van der Waals surface area contributed by atoms with E-state index in [1.807, 2.05) is 11.0 Å². The van der Waals surface area contributed by atoms with E-state index in [2.05, 4.69) is 38.6 Å². The lowest BCUT2D eigenvalue weighted by Crippen LogP contribution is -2.21. The molecule has 4 N–H and O–H groups in total. The molecule has 11 heteroatoms. The number of ether oxygens (including phenoxy) is 1. The number of anilines is 6. The zero-order valence-electron chi connectivity index (χ0n) is 22.8. The number of β-amino-alcohol motifs (C(OH)–C–C–N with tert-alkyl or cyclic N) is 1. The summed E-state index contributed by atoms with van der Waals surface area (Å²) in [5.41, 5.74) is 3.44. The highest BCUT2D eigenvalue weighted by molar-refractivity contribution is 6.33. The average molecular weight is 574 g/mol. The molecule has 2 aromatic carbocycles. The number of rotatable bonds is 9. The molecule has 1 aliphatic carbocycles. The lowest BCUT2D eigenvalue weighted by molar-refractivity contribution is -0.113. The van der Waals surface area contributed by atoms with Gasteiger partial charge < -0.3 is 30.7 Å². The van der Waals surface area contributed by atoms with Gasteiger partial charge >= 0.3 is 0 Å². The van der Waals surface area contributed by atoms with Gasteiger partial charge in [0, 0.05) is 30.4 Å². The Morgan fingerprint density at radius 3 is 2.63 bits per heavy atom. The van der Waals surface area contributed by atoms with Gasteiger partial charge in [0.25, 0.3) is 5.91 Å². The molecule has 1 amide bonds. The number of amides is 1. The molecule has 0 unspecified atom stereocenters. The van der Waals surface area contributed by atoms with E-state index in [0.717, 1.165) is 37.9 Å². The minimum atomic E-state index is -0.364. The molecular formula is C30H32ClN7O3. The van der Waals surface area contributed by atoms with Gasteiger partial charge in [-0.25, -0.2) is 4.98 Å². The number of hydrogen-bond acceptors (Lipinski definition) is 9. The number of halogens is 1. The van der Waals surface area contributed by atoms with E-state index in [1.165, 1.54) is 6.20 Å². The highest BCUT2D eigenvalue weighted by Crippen LogP contribution is 2.35. The topological polar surface area (TPSA) is 135 Å². The molecular weight excluding hydrogens is 542 g/mol. The Bertz CT molecular complexity index is 1500. The summed E-state index contributed by atoms with van der Waals surface area (Å²) in [5, 5.41) is 29.2. The van der Waals surface area contributed by atoms with E-state index in [4.69, 9.17) is 16.3 Å². The summed E-state index contributed by atoms with van der Waals surface area (Å²) in [6.07, 6.45) is 5.94. The van der Waals surface area contributed by atoms with Crippen LogP contribution >= 0.6 is 11.6 Å². The fourth-order valence-electron chi connectivity index (χ4n) is 5.19. The van der Waals surface area contributed by atoms with Gasteiger partial charge in [0.15, 0.2) is 5.82 Å². The maximum absolute atomic E-state index is 13.0. The minimum absolute atomic E-state index is 0.191. The normalized spacial score (nSPS) is 16.7. The van der Waals surface area contributed by atoms with Crippen molar-refractivity contribution >= 4 is 52.0 Å². The summed E-state index contributed by atoms with van der Waals surface area (Å²) in [6, 6.07) is 12.9. The van der Waals surface area contributed by atoms with Gasteiger partial charge in [0.2, 0.25) is 5.95 Å². The summed E-state index contributed by atoms with van der Waals surface area (Å²) in [5.74, 6) is 1.06. The zero-order chi connectivity index (χ0) is 28.9. The molecule has 0 radical (unpaired) electrons. The van der Waals surface area contributed by atoms with Crippen LogP contribution in [-0.2, 0) is 4.79 Å². The van der Waals surface area contributed by atoms with Crippen molar-refractivity contribution in [2.45, 2.75) is 38.2 Å². The van der Waals surface area contributed by atoms with Crippen molar-refractivity contribution in [3.05, 3.63) is 65.3 Å². The molecule has 1 saturated carbocycles. The van der Waals surface area contributed by atoms with Crippen LogP contribution in [0.15, 0.2) is 54.7 Å². The van der Waals surface area contributed by atoms with Crippen molar-refractivity contribution in [3.63, 3.8) is 0 Å².